The molecule has 0 aliphatic carbocycles. The van der Waals surface area contributed by atoms with Crippen molar-refractivity contribution in [3.8, 4) is 17.3 Å². The molecule has 0 bridgehead atoms. The predicted molar refractivity (Wildman–Crippen MR) is 105 cm³/mol. The number of rotatable bonds is 5. The predicted octanol–water partition coefficient (Wildman–Crippen LogP) is 2.15. The molecular weight excluding hydrogens is 376 g/mol. The van der Waals surface area contributed by atoms with Crippen LogP contribution in [0.3, 0.4) is 0 Å². The van der Waals surface area contributed by atoms with Crippen molar-refractivity contribution in [3.05, 3.63) is 35.7 Å². The SMILES string of the molecule is CCn1cc2sc(CN3NNc4ncc(-c5cnn(CC#N)c5)nc43)cc2n1. The molecule has 5 rings (SSSR count). The summed E-state index contributed by atoms with van der Waals surface area (Å²) in [6, 6.07) is 4.18. The van der Waals surface area contributed by atoms with E-state index in [0.29, 0.717) is 18.1 Å². The number of anilines is 2. The Morgan fingerprint density at radius 3 is 3.00 bits per heavy atom. The van der Waals surface area contributed by atoms with Gasteiger partial charge >= 0.3 is 0 Å². The fourth-order valence-electron chi connectivity index (χ4n) is 3.05. The Labute approximate surface area is 164 Å². The third kappa shape index (κ3) is 2.84. The lowest BCUT2D eigenvalue weighted by Gasteiger charge is -2.15. The molecule has 0 radical (unpaired) electrons. The van der Waals surface area contributed by atoms with Crippen molar-refractivity contribution in [3.63, 3.8) is 0 Å². The largest absolute Gasteiger partial charge is 0.285 e. The number of fused-ring (bicyclic) bond motifs is 2. The molecule has 0 spiro atoms. The summed E-state index contributed by atoms with van der Waals surface area (Å²) in [5.41, 5.74) is 8.69. The van der Waals surface area contributed by atoms with E-state index in [4.69, 9.17) is 10.2 Å². The van der Waals surface area contributed by atoms with Crippen molar-refractivity contribution in [1.82, 2.24) is 35.1 Å². The van der Waals surface area contributed by atoms with E-state index in [1.807, 2.05) is 9.69 Å². The van der Waals surface area contributed by atoms with Crippen LogP contribution in [0.4, 0.5) is 11.6 Å². The molecule has 1 aliphatic heterocycles. The minimum atomic E-state index is 0.203. The van der Waals surface area contributed by atoms with Crippen LogP contribution in [0.1, 0.15) is 11.8 Å². The smallest absolute Gasteiger partial charge is 0.190 e. The van der Waals surface area contributed by atoms with Gasteiger partial charge in [0.05, 0.1) is 35.4 Å². The van der Waals surface area contributed by atoms with Gasteiger partial charge in [0.2, 0.25) is 0 Å². The highest BCUT2D eigenvalue weighted by molar-refractivity contribution is 7.19. The summed E-state index contributed by atoms with van der Waals surface area (Å²) in [5.74, 6) is 1.39. The molecule has 0 fully saturated rings. The third-order valence-electron chi connectivity index (χ3n) is 4.41. The monoisotopic (exact) mass is 392 g/mol. The van der Waals surface area contributed by atoms with Crippen molar-refractivity contribution in [2.75, 3.05) is 10.4 Å². The van der Waals surface area contributed by atoms with Crippen molar-refractivity contribution in [2.45, 2.75) is 26.6 Å². The van der Waals surface area contributed by atoms with Gasteiger partial charge in [-0.15, -0.1) is 16.9 Å². The van der Waals surface area contributed by atoms with Crippen molar-refractivity contribution < 1.29 is 0 Å². The number of hydrogen-bond donors (Lipinski definition) is 2. The van der Waals surface area contributed by atoms with Crippen LogP contribution in [0.5, 0.6) is 0 Å². The molecule has 11 heteroatoms. The second kappa shape index (κ2) is 6.59. The van der Waals surface area contributed by atoms with Crippen LogP contribution in [0, 0.1) is 11.3 Å². The van der Waals surface area contributed by atoms with Gasteiger partial charge < -0.3 is 0 Å². The lowest BCUT2D eigenvalue weighted by molar-refractivity contribution is 0.667. The number of thiophene rings is 1. The zero-order valence-electron chi connectivity index (χ0n) is 15.0. The zero-order chi connectivity index (χ0) is 19.1. The Balaban J connectivity index is 1.40. The van der Waals surface area contributed by atoms with Gasteiger partial charge in [0, 0.05) is 29.4 Å². The van der Waals surface area contributed by atoms with Crippen LogP contribution in [0.15, 0.2) is 30.9 Å². The Morgan fingerprint density at radius 2 is 2.18 bits per heavy atom. The quantitative estimate of drug-likeness (QED) is 0.531. The van der Waals surface area contributed by atoms with Crippen LogP contribution in [-0.4, -0.2) is 29.5 Å². The minimum absolute atomic E-state index is 0.203. The van der Waals surface area contributed by atoms with Gasteiger partial charge in [-0.05, 0) is 13.0 Å². The summed E-state index contributed by atoms with van der Waals surface area (Å²) in [4.78, 5) is 10.4. The van der Waals surface area contributed by atoms with Gasteiger partial charge in [-0.25, -0.2) is 9.97 Å². The van der Waals surface area contributed by atoms with Gasteiger partial charge in [0.1, 0.15) is 12.1 Å². The summed E-state index contributed by atoms with van der Waals surface area (Å²) >= 11 is 1.72. The van der Waals surface area contributed by atoms with E-state index in [1.54, 1.807) is 34.6 Å². The number of nitrogens with one attached hydrogen (secondary N) is 2. The summed E-state index contributed by atoms with van der Waals surface area (Å²) in [5, 5.41) is 19.4. The molecule has 0 unspecified atom stereocenters. The molecule has 0 saturated heterocycles. The second-order valence-electron chi connectivity index (χ2n) is 6.28. The van der Waals surface area contributed by atoms with Gasteiger partial charge in [-0.1, -0.05) is 0 Å². The summed E-state index contributed by atoms with van der Waals surface area (Å²) < 4.78 is 4.69. The number of nitrogens with zero attached hydrogens (tertiary/aromatic N) is 8. The molecule has 0 saturated carbocycles. The molecule has 1 aliphatic rings. The maximum absolute atomic E-state index is 8.80. The minimum Gasteiger partial charge on any atom is -0.285 e. The average molecular weight is 392 g/mol. The molecule has 0 aromatic carbocycles. The maximum atomic E-state index is 8.80. The van der Waals surface area contributed by atoms with Crippen molar-refractivity contribution in [2.24, 2.45) is 0 Å². The van der Waals surface area contributed by atoms with E-state index in [9.17, 15) is 0 Å². The Morgan fingerprint density at radius 1 is 1.25 bits per heavy atom. The molecule has 5 heterocycles. The van der Waals surface area contributed by atoms with Gasteiger partial charge in [0.25, 0.3) is 0 Å². The van der Waals surface area contributed by atoms with E-state index in [2.05, 4.69) is 51.4 Å². The lowest BCUT2D eigenvalue weighted by Crippen LogP contribution is -2.35. The van der Waals surface area contributed by atoms with E-state index in [-0.39, 0.29) is 6.54 Å². The van der Waals surface area contributed by atoms with Crippen LogP contribution < -0.4 is 16.0 Å². The number of aromatic nitrogens is 6. The molecule has 0 amide bonds. The first kappa shape index (κ1) is 16.7. The normalized spacial score (nSPS) is 12.9. The van der Waals surface area contributed by atoms with Crippen molar-refractivity contribution >= 4 is 33.2 Å². The highest BCUT2D eigenvalue weighted by Gasteiger charge is 2.23. The summed E-state index contributed by atoms with van der Waals surface area (Å²) in [6.07, 6.45) is 7.25. The number of hydrazine groups is 2. The first-order valence-corrected chi connectivity index (χ1v) is 9.57. The zero-order valence-corrected chi connectivity index (χ0v) is 15.8. The third-order valence-corrected chi connectivity index (χ3v) is 5.46. The van der Waals surface area contributed by atoms with E-state index in [0.717, 1.165) is 23.4 Å². The topological polar surface area (TPSA) is 113 Å². The van der Waals surface area contributed by atoms with Gasteiger partial charge in [0.15, 0.2) is 11.6 Å². The van der Waals surface area contributed by atoms with Crippen molar-refractivity contribution in [1.29, 1.82) is 5.26 Å². The molecular formula is C17H16N10S. The average Bonchev–Trinajstić information content (AvgIpc) is 3.45. The van der Waals surface area contributed by atoms with Crippen LogP contribution in [0.2, 0.25) is 0 Å². The highest BCUT2D eigenvalue weighted by Crippen LogP contribution is 2.31. The fourth-order valence-corrected chi connectivity index (χ4v) is 4.08. The van der Waals surface area contributed by atoms with E-state index >= 15 is 0 Å². The van der Waals surface area contributed by atoms with E-state index in [1.165, 1.54) is 9.58 Å². The Kier molecular flexibility index (Phi) is 3.92. The van der Waals surface area contributed by atoms with E-state index < -0.39 is 0 Å². The fraction of sp³-hybridized carbons (Fsp3) is 0.235. The first-order chi connectivity index (χ1) is 13.7. The first-order valence-electron chi connectivity index (χ1n) is 8.75. The number of aryl methyl sites for hydroxylation is 1. The van der Waals surface area contributed by atoms with Crippen LogP contribution in [-0.2, 0) is 19.6 Å². The van der Waals surface area contributed by atoms with Crippen LogP contribution >= 0.6 is 11.3 Å². The molecule has 140 valence electrons. The second-order valence-corrected chi connectivity index (χ2v) is 7.45. The van der Waals surface area contributed by atoms with Gasteiger partial charge in [-0.2, -0.15) is 15.5 Å². The van der Waals surface area contributed by atoms with Gasteiger partial charge in [-0.3, -0.25) is 19.8 Å². The summed E-state index contributed by atoms with van der Waals surface area (Å²) in [7, 11) is 0. The summed E-state index contributed by atoms with van der Waals surface area (Å²) in [6.45, 7) is 3.78. The molecule has 4 aromatic rings. The lowest BCUT2D eigenvalue weighted by atomic mass is 10.2. The Hall–Kier alpha value is -3.49. The highest BCUT2D eigenvalue weighted by atomic mass is 32.1. The molecule has 2 N–H and O–H groups in total. The molecule has 0 atom stereocenters. The molecule has 28 heavy (non-hydrogen) atoms. The maximum Gasteiger partial charge on any atom is 0.190 e. The number of hydrogen-bond acceptors (Lipinski definition) is 9. The Bertz CT molecular complexity index is 1160. The standard InChI is InChI=1S/C17H16N10S/c1-2-25-10-15-13(23-25)5-12(28-15)9-27-17-16(22-24-27)19-7-14(21-17)11-6-20-26(8-11)4-3-18/h5-8,10,24H,2,4,9H2,1H3,(H,19,22). The van der Waals surface area contributed by atoms with Crippen LogP contribution in [0.25, 0.3) is 21.5 Å². The number of nitriles is 1. The molecule has 10 nitrogen and oxygen atoms in total. The molecule has 4 aromatic heterocycles.